The van der Waals surface area contributed by atoms with E-state index in [9.17, 15) is 14.8 Å². The first kappa shape index (κ1) is 21.8. The molecule has 2 saturated heterocycles. The van der Waals surface area contributed by atoms with Gasteiger partial charge in [-0.1, -0.05) is 0 Å². The predicted molar refractivity (Wildman–Crippen MR) is 102 cm³/mol. The van der Waals surface area contributed by atoms with Crippen molar-refractivity contribution >= 4 is 36.2 Å². The molecule has 0 bridgehead atoms. The summed E-state index contributed by atoms with van der Waals surface area (Å²) in [5.74, 6) is 0.411. The van der Waals surface area contributed by atoms with Crippen molar-refractivity contribution in [2.24, 2.45) is 0 Å². The fraction of sp³-hybridized carbons (Fsp3) is 0.667. The van der Waals surface area contributed by atoms with Gasteiger partial charge in [-0.3, -0.25) is 9.13 Å². The van der Waals surface area contributed by atoms with Crippen molar-refractivity contribution in [3.05, 3.63) is 11.6 Å². The summed E-state index contributed by atoms with van der Waals surface area (Å²) < 4.78 is 28.2. The summed E-state index contributed by atoms with van der Waals surface area (Å²) >= 11 is 6.07. The lowest BCUT2D eigenvalue weighted by atomic mass is 10.1. The summed E-state index contributed by atoms with van der Waals surface area (Å²) in [5.41, 5.74) is 0.683. The van der Waals surface area contributed by atoms with Gasteiger partial charge in [0.25, 0.3) is 0 Å². The fourth-order valence-electron chi connectivity index (χ4n) is 3.40. The summed E-state index contributed by atoms with van der Waals surface area (Å²) in [5, 5.41) is 23.9. The van der Waals surface area contributed by atoms with Crippen LogP contribution in [0, 0.1) is 0 Å². The number of ether oxygens (including phenoxy) is 3. The summed E-state index contributed by atoms with van der Waals surface area (Å²) in [6, 6.07) is 0.0509. The number of nitrogens with zero attached hydrogens (tertiary/aromatic N) is 4. The van der Waals surface area contributed by atoms with Gasteiger partial charge in [-0.05, 0) is 18.0 Å². The lowest BCUT2D eigenvalue weighted by Gasteiger charge is -2.17. The normalized spacial score (nSPS) is 29.7. The highest BCUT2D eigenvalue weighted by atomic mass is 35.5. The number of halogens is 1. The van der Waals surface area contributed by atoms with Crippen LogP contribution in [0.5, 0.6) is 0 Å². The largest absolute Gasteiger partial charge is 0.387 e. The van der Waals surface area contributed by atoms with E-state index in [1.807, 2.05) is 0 Å². The highest BCUT2D eigenvalue weighted by Crippen LogP contribution is 2.36. The van der Waals surface area contributed by atoms with Crippen molar-refractivity contribution in [3.63, 3.8) is 0 Å². The average molecular weight is 466 g/mol. The van der Waals surface area contributed by atoms with Gasteiger partial charge in [-0.2, -0.15) is 9.97 Å². The number of fused-ring (bicyclic) bond motifs is 1. The number of imidazole rings is 1. The molecule has 0 aliphatic carbocycles. The van der Waals surface area contributed by atoms with E-state index in [-0.39, 0.29) is 23.6 Å². The van der Waals surface area contributed by atoms with E-state index in [2.05, 4.69) is 20.3 Å². The van der Waals surface area contributed by atoms with Crippen LogP contribution in [0.2, 0.25) is 5.28 Å². The van der Waals surface area contributed by atoms with E-state index in [1.54, 1.807) is 0 Å². The molecule has 0 radical (unpaired) electrons. The molecular weight excluding hydrogens is 445 g/mol. The zero-order valence-electron chi connectivity index (χ0n) is 15.5. The minimum absolute atomic E-state index is 0.0415. The number of aromatic nitrogens is 4. The molecule has 0 aromatic carbocycles. The standard InChI is InChI=1S/C15H21ClN5O8P/c16-15-19-12(18-7-1-2-27-3-7)9-13(20-15)21(5-17-9)14-11(23)10(22)8(29-14)4-28-6-30(24,25)26/h5,7-8,10-11,14,22-23H,1-4,6H2,(H,18,19,20)(H2,24,25,26)/t7-,8+,10+,11+,14+/m0/s1. The Hall–Kier alpha value is -1.41. The van der Waals surface area contributed by atoms with E-state index in [4.69, 9.17) is 35.6 Å². The number of anilines is 1. The monoisotopic (exact) mass is 465 g/mol. The Kier molecular flexibility index (Phi) is 6.26. The molecule has 5 atom stereocenters. The number of aliphatic hydroxyl groups excluding tert-OH is 2. The first-order valence-corrected chi connectivity index (χ1v) is 11.3. The third-order valence-electron chi connectivity index (χ3n) is 4.82. The van der Waals surface area contributed by atoms with Crippen molar-refractivity contribution in [2.75, 3.05) is 31.5 Å². The Morgan fingerprint density at radius 3 is 2.83 bits per heavy atom. The van der Waals surface area contributed by atoms with Crippen LogP contribution in [0.1, 0.15) is 12.6 Å². The maximum atomic E-state index is 10.9. The molecular formula is C15H21ClN5O8P. The van der Waals surface area contributed by atoms with Gasteiger partial charge >= 0.3 is 7.60 Å². The first-order chi connectivity index (χ1) is 14.2. The second-order valence-corrected chi connectivity index (χ2v) is 9.01. The molecule has 2 aromatic heterocycles. The smallest absolute Gasteiger partial charge is 0.350 e. The second kappa shape index (κ2) is 8.61. The molecule has 0 unspecified atom stereocenters. The highest BCUT2D eigenvalue weighted by Gasteiger charge is 2.44. The quantitative estimate of drug-likeness (QED) is 0.260. The van der Waals surface area contributed by atoms with Crippen molar-refractivity contribution in [3.8, 4) is 0 Å². The lowest BCUT2D eigenvalue weighted by molar-refractivity contribution is -0.0612. The van der Waals surface area contributed by atoms with E-state index in [0.29, 0.717) is 24.5 Å². The molecule has 4 rings (SSSR count). The molecule has 5 N–H and O–H groups in total. The molecule has 0 saturated carbocycles. The van der Waals surface area contributed by atoms with Crippen molar-refractivity contribution in [1.29, 1.82) is 0 Å². The summed E-state index contributed by atoms with van der Waals surface area (Å²) in [7, 11) is -4.36. The van der Waals surface area contributed by atoms with Gasteiger partial charge in [-0.25, -0.2) is 4.98 Å². The molecule has 15 heteroatoms. The minimum atomic E-state index is -4.36. The molecule has 2 aliphatic rings. The topological polar surface area (TPSA) is 181 Å². The van der Waals surface area contributed by atoms with E-state index in [1.165, 1.54) is 10.9 Å². The first-order valence-electron chi connectivity index (χ1n) is 9.11. The van der Waals surface area contributed by atoms with Crippen molar-refractivity contribution in [2.45, 2.75) is 37.0 Å². The zero-order chi connectivity index (χ0) is 21.5. The summed E-state index contributed by atoms with van der Waals surface area (Å²) in [6.45, 7) is 0.840. The maximum absolute atomic E-state index is 10.9. The van der Waals surface area contributed by atoms with Crippen LogP contribution in [0.3, 0.4) is 0 Å². The van der Waals surface area contributed by atoms with Gasteiger partial charge in [0.05, 0.1) is 25.6 Å². The van der Waals surface area contributed by atoms with Crippen molar-refractivity contribution in [1.82, 2.24) is 19.5 Å². The molecule has 0 spiro atoms. The number of hydrogen-bond donors (Lipinski definition) is 5. The minimum Gasteiger partial charge on any atom is -0.387 e. The summed E-state index contributed by atoms with van der Waals surface area (Å²) in [6.07, 6.45) is -3.43. The van der Waals surface area contributed by atoms with Crippen LogP contribution in [0.15, 0.2) is 6.33 Å². The van der Waals surface area contributed by atoms with E-state index in [0.717, 1.165) is 6.42 Å². The SMILES string of the molecule is O=P(O)(O)COC[C@H]1O[C@@H](n2cnc3c(N[C@H]4CCOC4)nc(Cl)nc32)[C@H](O)[C@@H]1O. The number of nitrogens with one attached hydrogen (secondary N) is 1. The molecule has 2 aromatic rings. The third kappa shape index (κ3) is 4.59. The fourth-order valence-corrected chi connectivity index (χ4v) is 3.91. The van der Waals surface area contributed by atoms with Crippen molar-refractivity contribution < 1.29 is 38.8 Å². The molecule has 13 nitrogen and oxygen atoms in total. The van der Waals surface area contributed by atoms with Crippen LogP contribution in [-0.2, 0) is 18.8 Å². The second-order valence-electron chi connectivity index (χ2n) is 7.08. The van der Waals surface area contributed by atoms with Crippen LogP contribution < -0.4 is 5.32 Å². The Bertz CT molecular complexity index is 951. The van der Waals surface area contributed by atoms with Gasteiger partial charge in [0.1, 0.15) is 24.7 Å². The molecule has 4 heterocycles. The van der Waals surface area contributed by atoms with Gasteiger partial charge < -0.3 is 39.5 Å². The lowest BCUT2D eigenvalue weighted by Crippen LogP contribution is -2.33. The Labute approximate surface area is 175 Å². The Balaban J connectivity index is 1.55. The summed E-state index contributed by atoms with van der Waals surface area (Å²) in [4.78, 5) is 30.4. The Morgan fingerprint density at radius 2 is 2.13 bits per heavy atom. The van der Waals surface area contributed by atoms with Crippen LogP contribution >= 0.6 is 19.2 Å². The predicted octanol–water partition coefficient (Wildman–Crippen LogP) is -0.549. The van der Waals surface area contributed by atoms with Crippen LogP contribution in [-0.4, -0.2) is 90.0 Å². The van der Waals surface area contributed by atoms with Crippen LogP contribution in [0.4, 0.5) is 5.82 Å². The maximum Gasteiger partial charge on any atom is 0.350 e. The average Bonchev–Trinajstić information content (AvgIpc) is 3.37. The van der Waals surface area contributed by atoms with Gasteiger partial charge in [0.2, 0.25) is 5.28 Å². The molecule has 30 heavy (non-hydrogen) atoms. The van der Waals surface area contributed by atoms with E-state index >= 15 is 0 Å². The number of hydrogen-bond acceptors (Lipinski definition) is 10. The molecule has 166 valence electrons. The van der Waals surface area contributed by atoms with E-state index < -0.39 is 38.5 Å². The number of aliphatic hydroxyl groups is 2. The molecule has 2 fully saturated rings. The molecule has 2 aliphatic heterocycles. The number of rotatable bonds is 7. The zero-order valence-corrected chi connectivity index (χ0v) is 17.2. The van der Waals surface area contributed by atoms with Gasteiger partial charge in [0.15, 0.2) is 23.2 Å². The van der Waals surface area contributed by atoms with Gasteiger partial charge in [-0.15, -0.1) is 0 Å². The Morgan fingerprint density at radius 1 is 1.33 bits per heavy atom. The van der Waals surface area contributed by atoms with Crippen LogP contribution in [0.25, 0.3) is 11.2 Å². The molecule has 0 amide bonds. The third-order valence-corrected chi connectivity index (χ3v) is 5.51. The van der Waals surface area contributed by atoms with Gasteiger partial charge in [0, 0.05) is 6.61 Å². The highest BCUT2D eigenvalue weighted by molar-refractivity contribution is 7.51.